The molecular formula is C14H20N4S. The largest absolute Gasteiger partial charge is 0.326 e. The molecular weight excluding hydrogens is 256 g/mol. The Balaban J connectivity index is 2.23. The minimum atomic E-state index is -0.0149. The van der Waals surface area contributed by atoms with Crippen LogP contribution in [-0.4, -0.2) is 16.4 Å². The van der Waals surface area contributed by atoms with Crippen molar-refractivity contribution in [1.82, 2.24) is 9.36 Å². The Kier molecular flexibility index (Phi) is 3.87. The second kappa shape index (κ2) is 5.27. The van der Waals surface area contributed by atoms with Gasteiger partial charge in [-0.25, -0.2) is 4.98 Å². The summed E-state index contributed by atoms with van der Waals surface area (Å²) in [6, 6.07) is 8.19. The van der Waals surface area contributed by atoms with Crippen molar-refractivity contribution in [1.29, 1.82) is 0 Å². The summed E-state index contributed by atoms with van der Waals surface area (Å²) < 4.78 is 4.44. The Morgan fingerprint density at radius 1 is 1.21 bits per heavy atom. The van der Waals surface area contributed by atoms with Crippen LogP contribution < -0.4 is 10.6 Å². The second-order valence-corrected chi connectivity index (χ2v) is 6.31. The Morgan fingerprint density at radius 2 is 1.84 bits per heavy atom. The standard InChI is InChI=1S/C14H20N4S/c1-14(2,3)12-16-13(19-17-12)18(4)11-7-5-10(9-15)6-8-11/h5-8H,9,15H2,1-4H3. The zero-order valence-electron chi connectivity index (χ0n) is 11.8. The average Bonchev–Trinajstić information content (AvgIpc) is 2.87. The molecule has 0 aliphatic carbocycles. The van der Waals surface area contributed by atoms with Gasteiger partial charge in [-0.05, 0) is 17.7 Å². The van der Waals surface area contributed by atoms with Crippen molar-refractivity contribution < 1.29 is 0 Å². The lowest BCUT2D eigenvalue weighted by molar-refractivity contribution is 0.555. The molecule has 2 aromatic rings. The van der Waals surface area contributed by atoms with Crippen molar-refractivity contribution >= 4 is 22.4 Å². The molecule has 0 saturated carbocycles. The molecule has 19 heavy (non-hydrogen) atoms. The van der Waals surface area contributed by atoms with Crippen LogP contribution in [0.4, 0.5) is 10.8 Å². The highest BCUT2D eigenvalue weighted by molar-refractivity contribution is 7.09. The summed E-state index contributed by atoms with van der Waals surface area (Å²) >= 11 is 1.43. The third kappa shape index (κ3) is 3.11. The van der Waals surface area contributed by atoms with Crippen molar-refractivity contribution in [2.24, 2.45) is 5.73 Å². The quantitative estimate of drug-likeness (QED) is 0.936. The van der Waals surface area contributed by atoms with Crippen molar-refractivity contribution in [3.8, 4) is 0 Å². The predicted octanol–water partition coefficient (Wildman–Crippen LogP) is 3.06. The van der Waals surface area contributed by atoms with Crippen molar-refractivity contribution in [2.45, 2.75) is 32.7 Å². The van der Waals surface area contributed by atoms with Crippen LogP contribution in [0.5, 0.6) is 0 Å². The first-order chi connectivity index (χ1) is 8.91. The number of anilines is 2. The lowest BCUT2D eigenvalue weighted by Crippen LogP contribution is -2.14. The monoisotopic (exact) mass is 276 g/mol. The van der Waals surface area contributed by atoms with Gasteiger partial charge in [-0.1, -0.05) is 32.9 Å². The van der Waals surface area contributed by atoms with Crippen LogP contribution >= 0.6 is 11.5 Å². The van der Waals surface area contributed by atoms with Gasteiger partial charge in [0.15, 0.2) is 0 Å². The van der Waals surface area contributed by atoms with E-state index in [4.69, 9.17) is 5.73 Å². The van der Waals surface area contributed by atoms with Gasteiger partial charge in [0, 0.05) is 36.2 Å². The molecule has 0 aliphatic heterocycles. The zero-order chi connectivity index (χ0) is 14.0. The predicted molar refractivity (Wildman–Crippen MR) is 81.0 cm³/mol. The molecule has 0 fully saturated rings. The van der Waals surface area contributed by atoms with Gasteiger partial charge in [-0.3, -0.25) is 0 Å². The summed E-state index contributed by atoms with van der Waals surface area (Å²) in [4.78, 5) is 6.66. The summed E-state index contributed by atoms with van der Waals surface area (Å²) in [5.41, 5.74) is 7.81. The van der Waals surface area contributed by atoms with Crippen molar-refractivity contribution in [2.75, 3.05) is 11.9 Å². The Labute approximate surface area is 118 Å². The Morgan fingerprint density at radius 3 is 2.32 bits per heavy atom. The van der Waals surface area contributed by atoms with E-state index in [2.05, 4.69) is 42.3 Å². The fourth-order valence-electron chi connectivity index (χ4n) is 1.62. The average molecular weight is 276 g/mol. The van der Waals surface area contributed by atoms with Gasteiger partial charge >= 0.3 is 0 Å². The number of hydrogen-bond donors (Lipinski definition) is 1. The summed E-state index contributed by atoms with van der Waals surface area (Å²) in [5.74, 6) is 0.887. The van der Waals surface area contributed by atoms with E-state index < -0.39 is 0 Å². The summed E-state index contributed by atoms with van der Waals surface area (Å²) in [6.07, 6.45) is 0. The molecule has 1 aromatic heterocycles. The Bertz CT molecular complexity index is 539. The number of benzene rings is 1. The van der Waals surface area contributed by atoms with Crippen molar-refractivity contribution in [3.63, 3.8) is 0 Å². The van der Waals surface area contributed by atoms with E-state index in [-0.39, 0.29) is 5.41 Å². The third-order valence-electron chi connectivity index (χ3n) is 2.93. The molecule has 0 unspecified atom stereocenters. The molecule has 4 nitrogen and oxygen atoms in total. The highest BCUT2D eigenvalue weighted by Gasteiger charge is 2.21. The highest BCUT2D eigenvalue weighted by atomic mass is 32.1. The lowest BCUT2D eigenvalue weighted by Gasteiger charge is -2.16. The number of aromatic nitrogens is 2. The van der Waals surface area contributed by atoms with Gasteiger partial charge in [0.25, 0.3) is 0 Å². The molecule has 102 valence electrons. The molecule has 0 atom stereocenters. The first-order valence-corrected chi connectivity index (χ1v) is 7.06. The number of hydrogen-bond acceptors (Lipinski definition) is 5. The van der Waals surface area contributed by atoms with E-state index in [1.807, 2.05) is 24.1 Å². The normalized spacial score (nSPS) is 11.6. The molecule has 0 bridgehead atoms. The first kappa shape index (κ1) is 14.0. The number of nitrogens with two attached hydrogens (primary N) is 1. The molecule has 0 saturated heterocycles. The van der Waals surface area contributed by atoms with Crippen LogP contribution in [0.15, 0.2) is 24.3 Å². The molecule has 2 rings (SSSR count). The highest BCUT2D eigenvalue weighted by Crippen LogP contribution is 2.29. The molecule has 1 aromatic carbocycles. The summed E-state index contributed by atoms with van der Waals surface area (Å²) in [5, 5.41) is 0.908. The van der Waals surface area contributed by atoms with E-state index in [0.29, 0.717) is 6.54 Å². The van der Waals surface area contributed by atoms with Gasteiger partial charge in [-0.2, -0.15) is 4.37 Å². The van der Waals surface area contributed by atoms with Gasteiger partial charge in [0.1, 0.15) is 5.82 Å². The van der Waals surface area contributed by atoms with Crippen molar-refractivity contribution in [3.05, 3.63) is 35.7 Å². The zero-order valence-corrected chi connectivity index (χ0v) is 12.7. The smallest absolute Gasteiger partial charge is 0.209 e. The maximum absolute atomic E-state index is 5.60. The number of nitrogens with zero attached hydrogens (tertiary/aromatic N) is 3. The minimum absolute atomic E-state index is 0.0149. The maximum atomic E-state index is 5.60. The Hall–Kier alpha value is -1.46. The summed E-state index contributed by atoms with van der Waals surface area (Å²) in [7, 11) is 2.00. The lowest BCUT2D eigenvalue weighted by atomic mass is 9.96. The van der Waals surface area contributed by atoms with Gasteiger partial charge in [0.2, 0.25) is 5.13 Å². The van der Waals surface area contributed by atoms with Gasteiger partial charge in [0.05, 0.1) is 0 Å². The van der Waals surface area contributed by atoms with E-state index in [1.165, 1.54) is 11.5 Å². The fourth-order valence-corrected chi connectivity index (χ4v) is 2.46. The number of rotatable bonds is 3. The molecule has 5 heteroatoms. The SMILES string of the molecule is CN(c1ccc(CN)cc1)c1nc(C(C)(C)C)ns1. The second-order valence-electron chi connectivity index (χ2n) is 5.58. The maximum Gasteiger partial charge on any atom is 0.209 e. The van der Waals surface area contributed by atoms with Crippen LogP contribution in [0.25, 0.3) is 0 Å². The van der Waals surface area contributed by atoms with Crippen LogP contribution in [-0.2, 0) is 12.0 Å². The fraction of sp³-hybridized carbons (Fsp3) is 0.429. The van der Waals surface area contributed by atoms with Crippen LogP contribution in [0.3, 0.4) is 0 Å². The van der Waals surface area contributed by atoms with Crippen LogP contribution in [0, 0.1) is 0 Å². The first-order valence-electron chi connectivity index (χ1n) is 6.29. The van der Waals surface area contributed by atoms with E-state index in [1.54, 1.807) is 0 Å². The molecule has 1 heterocycles. The molecule has 2 N–H and O–H groups in total. The molecule has 0 spiro atoms. The summed E-state index contributed by atoms with van der Waals surface area (Å²) in [6.45, 7) is 6.93. The van der Waals surface area contributed by atoms with Crippen LogP contribution in [0.1, 0.15) is 32.2 Å². The van der Waals surface area contributed by atoms with Crippen LogP contribution in [0.2, 0.25) is 0 Å². The van der Waals surface area contributed by atoms with E-state index in [9.17, 15) is 0 Å². The topological polar surface area (TPSA) is 55.0 Å². The molecule has 0 aliphatic rings. The minimum Gasteiger partial charge on any atom is -0.326 e. The van der Waals surface area contributed by atoms with Gasteiger partial charge < -0.3 is 10.6 Å². The van der Waals surface area contributed by atoms with Gasteiger partial charge in [-0.15, -0.1) is 0 Å². The van der Waals surface area contributed by atoms with E-state index >= 15 is 0 Å². The molecule has 0 amide bonds. The third-order valence-corrected chi connectivity index (χ3v) is 3.73. The van der Waals surface area contributed by atoms with E-state index in [0.717, 1.165) is 22.2 Å². The molecule has 0 radical (unpaired) electrons.